The largest absolute Gasteiger partial charge is 0.393 e. The number of nitrogens with zero attached hydrogens (tertiary/aromatic N) is 2. The van der Waals surface area contributed by atoms with Crippen LogP contribution in [0.4, 0.5) is 5.69 Å². The van der Waals surface area contributed by atoms with Crippen molar-refractivity contribution in [2.24, 2.45) is 11.8 Å². The molecule has 3 atom stereocenters. The molecule has 3 unspecified atom stereocenters. The van der Waals surface area contributed by atoms with E-state index >= 15 is 0 Å². The number of carbonyl (C=O) groups is 1. The summed E-state index contributed by atoms with van der Waals surface area (Å²) in [6, 6.07) is 7.74. The van der Waals surface area contributed by atoms with Gasteiger partial charge in [0.2, 0.25) is 0 Å². The highest BCUT2D eigenvalue weighted by atomic mass is 16.3. The van der Waals surface area contributed by atoms with Gasteiger partial charge in [-0.3, -0.25) is 4.79 Å². The van der Waals surface area contributed by atoms with E-state index in [0.717, 1.165) is 30.6 Å². The monoisotopic (exact) mass is 274 g/mol. The Bertz CT molecular complexity index is 515. The van der Waals surface area contributed by atoms with Gasteiger partial charge in [0.15, 0.2) is 0 Å². The summed E-state index contributed by atoms with van der Waals surface area (Å²) < 4.78 is 0. The molecule has 1 aromatic carbocycles. The first-order valence-electron chi connectivity index (χ1n) is 7.31. The molecule has 108 valence electrons. The van der Waals surface area contributed by atoms with Crippen molar-refractivity contribution < 1.29 is 9.90 Å². The van der Waals surface area contributed by atoms with Gasteiger partial charge in [0.1, 0.15) is 0 Å². The van der Waals surface area contributed by atoms with E-state index in [1.54, 1.807) is 0 Å². The molecule has 2 aliphatic rings. The van der Waals surface area contributed by atoms with Gasteiger partial charge in [0.05, 0.1) is 6.10 Å². The number of carbonyl (C=O) groups excluding carboxylic acids is 1. The van der Waals surface area contributed by atoms with Gasteiger partial charge in [-0.15, -0.1) is 0 Å². The van der Waals surface area contributed by atoms with Crippen LogP contribution in [-0.4, -0.2) is 49.2 Å². The molecule has 0 aromatic heterocycles. The highest BCUT2D eigenvalue weighted by Crippen LogP contribution is 2.38. The average Bonchev–Trinajstić information content (AvgIpc) is 3.01. The number of aliphatic hydroxyl groups is 1. The van der Waals surface area contributed by atoms with Crippen LogP contribution in [0.3, 0.4) is 0 Å². The van der Waals surface area contributed by atoms with Crippen LogP contribution < -0.4 is 4.90 Å². The molecule has 1 aliphatic carbocycles. The van der Waals surface area contributed by atoms with E-state index in [-0.39, 0.29) is 17.9 Å². The van der Waals surface area contributed by atoms with Crippen LogP contribution in [0.1, 0.15) is 23.2 Å². The Morgan fingerprint density at radius 1 is 1.30 bits per heavy atom. The van der Waals surface area contributed by atoms with Gasteiger partial charge in [-0.05, 0) is 37.0 Å². The van der Waals surface area contributed by atoms with Crippen LogP contribution in [0.25, 0.3) is 0 Å². The van der Waals surface area contributed by atoms with E-state index in [9.17, 15) is 9.90 Å². The lowest BCUT2D eigenvalue weighted by Gasteiger charge is -2.20. The van der Waals surface area contributed by atoms with Crippen LogP contribution in [0.2, 0.25) is 0 Å². The number of hydrogen-bond acceptors (Lipinski definition) is 3. The van der Waals surface area contributed by atoms with Gasteiger partial charge in [-0.1, -0.05) is 6.07 Å². The van der Waals surface area contributed by atoms with Crippen molar-refractivity contribution in [2.45, 2.75) is 18.9 Å². The predicted molar refractivity (Wildman–Crippen MR) is 78.9 cm³/mol. The van der Waals surface area contributed by atoms with Crippen molar-refractivity contribution in [3.8, 4) is 0 Å². The molecule has 0 spiro atoms. The van der Waals surface area contributed by atoms with E-state index < -0.39 is 0 Å². The fourth-order valence-corrected chi connectivity index (χ4v) is 3.50. The number of benzene rings is 1. The second-order valence-electron chi connectivity index (χ2n) is 6.22. The zero-order valence-electron chi connectivity index (χ0n) is 12.1. The maximum Gasteiger partial charge on any atom is 0.253 e. The molecule has 20 heavy (non-hydrogen) atoms. The van der Waals surface area contributed by atoms with Gasteiger partial charge < -0.3 is 14.9 Å². The van der Waals surface area contributed by atoms with Gasteiger partial charge in [0.25, 0.3) is 5.91 Å². The Hall–Kier alpha value is -1.55. The molecule has 1 heterocycles. The Kier molecular flexibility index (Phi) is 3.42. The molecule has 1 saturated heterocycles. The molecule has 0 bridgehead atoms. The van der Waals surface area contributed by atoms with Crippen LogP contribution in [0, 0.1) is 11.8 Å². The number of rotatable bonds is 2. The second-order valence-corrected chi connectivity index (χ2v) is 6.22. The number of amides is 1. The molecule has 4 nitrogen and oxygen atoms in total. The highest BCUT2D eigenvalue weighted by Gasteiger charge is 2.43. The minimum absolute atomic E-state index is 0.0929. The SMILES string of the molecule is CN(C)c1cccc(C(=O)N2CC3CCC(O)C3C2)c1. The van der Waals surface area contributed by atoms with Crippen molar-refractivity contribution in [2.75, 3.05) is 32.1 Å². The Balaban J connectivity index is 1.75. The second kappa shape index (κ2) is 5.09. The first-order chi connectivity index (χ1) is 9.56. The summed E-state index contributed by atoms with van der Waals surface area (Å²) in [5.74, 6) is 0.872. The quantitative estimate of drug-likeness (QED) is 0.891. The topological polar surface area (TPSA) is 43.8 Å². The first-order valence-corrected chi connectivity index (χ1v) is 7.31. The lowest BCUT2D eigenvalue weighted by molar-refractivity contribution is 0.0752. The van der Waals surface area contributed by atoms with Crippen molar-refractivity contribution >= 4 is 11.6 Å². The third-order valence-electron chi connectivity index (χ3n) is 4.72. The minimum Gasteiger partial charge on any atom is -0.393 e. The molecule has 4 heteroatoms. The molecule has 1 aliphatic heterocycles. The number of fused-ring (bicyclic) bond motifs is 1. The van der Waals surface area contributed by atoms with Crippen molar-refractivity contribution in [1.29, 1.82) is 0 Å². The van der Waals surface area contributed by atoms with Crippen LogP contribution in [0.15, 0.2) is 24.3 Å². The Morgan fingerprint density at radius 3 is 2.80 bits per heavy atom. The number of anilines is 1. The summed E-state index contributed by atoms with van der Waals surface area (Å²) in [5.41, 5.74) is 1.78. The zero-order chi connectivity index (χ0) is 14.3. The first kappa shape index (κ1) is 13.4. The van der Waals surface area contributed by atoms with Gasteiger partial charge in [-0.2, -0.15) is 0 Å². The van der Waals surface area contributed by atoms with Gasteiger partial charge >= 0.3 is 0 Å². The van der Waals surface area contributed by atoms with Crippen molar-refractivity contribution in [3.05, 3.63) is 29.8 Å². The third-order valence-corrected chi connectivity index (χ3v) is 4.72. The lowest BCUT2D eigenvalue weighted by Crippen LogP contribution is -2.31. The molecule has 3 rings (SSSR count). The van der Waals surface area contributed by atoms with Crippen molar-refractivity contribution in [3.63, 3.8) is 0 Å². The highest BCUT2D eigenvalue weighted by molar-refractivity contribution is 5.95. The zero-order valence-corrected chi connectivity index (χ0v) is 12.1. The summed E-state index contributed by atoms with van der Waals surface area (Å²) in [5, 5.41) is 9.94. The number of likely N-dealkylation sites (tertiary alicyclic amines) is 1. The van der Waals surface area contributed by atoms with Crippen molar-refractivity contribution in [1.82, 2.24) is 4.90 Å². The summed E-state index contributed by atoms with van der Waals surface area (Å²) >= 11 is 0. The summed E-state index contributed by atoms with van der Waals surface area (Å²) in [7, 11) is 3.94. The summed E-state index contributed by atoms with van der Waals surface area (Å²) in [4.78, 5) is 16.5. The number of aliphatic hydroxyl groups excluding tert-OH is 1. The molecule has 0 radical (unpaired) electrons. The maximum absolute atomic E-state index is 12.6. The van der Waals surface area contributed by atoms with Crippen LogP contribution in [0.5, 0.6) is 0 Å². The third kappa shape index (κ3) is 2.29. The van der Waals surface area contributed by atoms with E-state index in [2.05, 4.69) is 0 Å². The molecule has 1 aromatic rings. The Morgan fingerprint density at radius 2 is 2.10 bits per heavy atom. The fraction of sp³-hybridized carbons (Fsp3) is 0.562. The van der Waals surface area contributed by atoms with Crippen LogP contribution >= 0.6 is 0 Å². The van der Waals surface area contributed by atoms with E-state index in [0.29, 0.717) is 12.5 Å². The van der Waals surface area contributed by atoms with E-state index in [1.165, 1.54) is 0 Å². The normalized spacial score (nSPS) is 28.6. The molecular weight excluding hydrogens is 252 g/mol. The predicted octanol–water partition coefficient (Wildman–Crippen LogP) is 1.60. The molecule has 1 N–H and O–H groups in total. The van der Waals surface area contributed by atoms with E-state index in [4.69, 9.17) is 0 Å². The summed E-state index contributed by atoms with van der Waals surface area (Å²) in [6.07, 6.45) is 1.73. The fourth-order valence-electron chi connectivity index (χ4n) is 3.50. The van der Waals surface area contributed by atoms with Gasteiger partial charge in [0, 0.05) is 44.4 Å². The van der Waals surface area contributed by atoms with Crippen LogP contribution in [-0.2, 0) is 0 Å². The maximum atomic E-state index is 12.6. The minimum atomic E-state index is -0.217. The Labute approximate surface area is 120 Å². The molecular formula is C16H22N2O2. The standard InChI is InChI=1S/C16H22N2O2/c1-17(2)13-5-3-4-11(8-13)16(20)18-9-12-6-7-15(19)14(12)10-18/h3-5,8,12,14-15,19H,6-7,9-10H2,1-2H3. The van der Waals surface area contributed by atoms with Gasteiger partial charge in [-0.25, -0.2) is 0 Å². The lowest BCUT2D eigenvalue weighted by atomic mass is 10.00. The van der Waals surface area contributed by atoms with E-state index in [1.807, 2.05) is 48.2 Å². The average molecular weight is 274 g/mol. The smallest absolute Gasteiger partial charge is 0.253 e. The number of hydrogen-bond donors (Lipinski definition) is 1. The summed E-state index contributed by atoms with van der Waals surface area (Å²) in [6.45, 7) is 1.50. The molecule has 1 amide bonds. The molecule has 2 fully saturated rings. The molecule has 1 saturated carbocycles.